The normalized spacial score (nSPS) is 11.1. The number of nitrogens with one attached hydrogen (secondary N) is 1. The largest absolute Gasteiger partial charge is 0.382 e. The van der Waals surface area contributed by atoms with E-state index in [4.69, 9.17) is 5.73 Å². The monoisotopic (exact) mass is 277 g/mol. The molecular formula is C15H23N3S. The average molecular weight is 277 g/mol. The molecule has 0 spiro atoms. The van der Waals surface area contributed by atoms with Crippen LogP contribution in [0.15, 0.2) is 23.1 Å². The van der Waals surface area contributed by atoms with Crippen LogP contribution in [0.4, 0.5) is 5.69 Å². The number of nitriles is 1. The Morgan fingerprint density at radius 1 is 1.32 bits per heavy atom. The lowest BCUT2D eigenvalue weighted by molar-refractivity contribution is 0.418. The highest BCUT2D eigenvalue weighted by molar-refractivity contribution is 7.99. The van der Waals surface area contributed by atoms with Gasteiger partial charge in [-0.1, -0.05) is 26.8 Å². The number of hydrogen-bond acceptors (Lipinski definition) is 4. The zero-order valence-electron chi connectivity index (χ0n) is 12.0. The molecule has 0 saturated carbocycles. The van der Waals surface area contributed by atoms with Crippen molar-refractivity contribution in [1.29, 1.82) is 5.26 Å². The van der Waals surface area contributed by atoms with E-state index >= 15 is 0 Å². The topological polar surface area (TPSA) is 61.8 Å². The van der Waals surface area contributed by atoms with E-state index in [-0.39, 0.29) is 5.54 Å². The number of thioether (sulfide) groups is 1. The van der Waals surface area contributed by atoms with Crippen molar-refractivity contribution in [1.82, 2.24) is 0 Å². The number of nitrogens with two attached hydrogens (primary N) is 1. The summed E-state index contributed by atoms with van der Waals surface area (Å²) in [6, 6.07) is 8.22. The van der Waals surface area contributed by atoms with Gasteiger partial charge < -0.3 is 11.1 Å². The third-order valence-corrected chi connectivity index (χ3v) is 4.42. The van der Waals surface area contributed by atoms with Crippen LogP contribution in [0, 0.1) is 11.3 Å². The van der Waals surface area contributed by atoms with Gasteiger partial charge in [-0.05, 0) is 30.7 Å². The van der Waals surface area contributed by atoms with Gasteiger partial charge in [-0.15, -0.1) is 11.8 Å². The van der Waals surface area contributed by atoms with Crippen molar-refractivity contribution in [2.24, 2.45) is 5.73 Å². The fraction of sp³-hybridized carbons (Fsp3) is 0.533. The summed E-state index contributed by atoms with van der Waals surface area (Å²) in [5, 5.41) is 12.7. The minimum absolute atomic E-state index is 0.208. The van der Waals surface area contributed by atoms with Gasteiger partial charge in [0.1, 0.15) is 6.07 Å². The third kappa shape index (κ3) is 4.15. The van der Waals surface area contributed by atoms with Crippen LogP contribution < -0.4 is 11.1 Å². The minimum atomic E-state index is -0.208. The lowest BCUT2D eigenvalue weighted by atomic mass is 9.94. The van der Waals surface area contributed by atoms with Crippen LogP contribution in [-0.2, 0) is 0 Å². The van der Waals surface area contributed by atoms with Gasteiger partial charge in [-0.3, -0.25) is 0 Å². The molecule has 0 radical (unpaired) electrons. The molecule has 0 aromatic heterocycles. The van der Waals surface area contributed by atoms with E-state index in [1.54, 1.807) is 11.8 Å². The fourth-order valence-corrected chi connectivity index (χ4v) is 2.63. The summed E-state index contributed by atoms with van der Waals surface area (Å²) < 4.78 is 0. The van der Waals surface area contributed by atoms with Crippen molar-refractivity contribution in [3.05, 3.63) is 23.8 Å². The molecule has 1 aromatic carbocycles. The van der Waals surface area contributed by atoms with Crippen LogP contribution in [0.25, 0.3) is 0 Å². The van der Waals surface area contributed by atoms with Gasteiger partial charge in [0, 0.05) is 17.0 Å². The molecule has 1 rings (SSSR count). The SMILES string of the molecule is CCSc1cccc(NCC(N)(CC)CC)c1C#N. The molecule has 4 heteroatoms. The fourth-order valence-electron chi connectivity index (χ4n) is 1.84. The first-order valence-electron chi connectivity index (χ1n) is 6.78. The second-order valence-electron chi connectivity index (χ2n) is 4.65. The van der Waals surface area contributed by atoms with E-state index < -0.39 is 0 Å². The molecular weight excluding hydrogens is 254 g/mol. The second-order valence-corrected chi connectivity index (χ2v) is 5.95. The van der Waals surface area contributed by atoms with Gasteiger partial charge >= 0.3 is 0 Å². The minimum Gasteiger partial charge on any atom is -0.382 e. The summed E-state index contributed by atoms with van der Waals surface area (Å²) >= 11 is 1.69. The van der Waals surface area contributed by atoms with Gasteiger partial charge in [0.05, 0.1) is 11.3 Å². The van der Waals surface area contributed by atoms with Crippen molar-refractivity contribution in [3.8, 4) is 6.07 Å². The molecule has 0 bridgehead atoms. The zero-order chi connectivity index (χ0) is 14.3. The molecule has 3 N–H and O–H groups in total. The number of nitrogens with zero attached hydrogens (tertiary/aromatic N) is 1. The Labute approximate surface area is 120 Å². The Bertz CT molecular complexity index is 447. The highest BCUT2D eigenvalue weighted by Gasteiger charge is 2.20. The molecule has 3 nitrogen and oxygen atoms in total. The van der Waals surface area contributed by atoms with Crippen LogP contribution in [-0.4, -0.2) is 17.8 Å². The summed E-state index contributed by atoms with van der Waals surface area (Å²) in [7, 11) is 0. The van der Waals surface area contributed by atoms with E-state index in [2.05, 4.69) is 32.2 Å². The smallest absolute Gasteiger partial charge is 0.102 e. The number of hydrogen-bond donors (Lipinski definition) is 2. The Kier molecular flexibility index (Phi) is 6.20. The molecule has 0 amide bonds. The maximum Gasteiger partial charge on any atom is 0.102 e. The standard InChI is InChI=1S/C15H23N3S/c1-4-15(17,5-2)11-18-13-8-7-9-14(19-6-3)12(13)10-16/h7-9,18H,4-6,11,17H2,1-3H3. The highest BCUT2D eigenvalue weighted by atomic mass is 32.2. The van der Waals surface area contributed by atoms with Gasteiger partial charge in [0.15, 0.2) is 0 Å². The number of rotatable bonds is 7. The molecule has 0 atom stereocenters. The highest BCUT2D eigenvalue weighted by Crippen LogP contribution is 2.28. The van der Waals surface area contributed by atoms with Crippen LogP contribution in [0.3, 0.4) is 0 Å². The van der Waals surface area contributed by atoms with E-state index in [0.717, 1.165) is 34.7 Å². The number of anilines is 1. The van der Waals surface area contributed by atoms with Crippen molar-refractivity contribution in [2.75, 3.05) is 17.6 Å². The van der Waals surface area contributed by atoms with Gasteiger partial charge in [0.25, 0.3) is 0 Å². The predicted molar refractivity (Wildman–Crippen MR) is 83.5 cm³/mol. The Morgan fingerprint density at radius 3 is 2.53 bits per heavy atom. The second kappa shape index (κ2) is 7.42. The van der Waals surface area contributed by atoms with E-state index in [9.17, 15) is 5.26 Å². The van der Waals surface area contributed by atoms with Crippen LogP contribution >= 0.6 is 11.8 Å². The maximum atomic E-state index is 9.34. The molecule has 0 saturated heterocycles. The molecule has 0 aliphatic carbocycles. The molecule has 0 unspecified atom stereocenters. The lowest BCUT2D eigenvalue weighted by Gasteiger charge is -2.27. The quantitative estimate of drug-likeness (QED) is 0.748. The molecule has 1 aromatic rings. The Morgan fingerprint density at radius 2 is 2.00 bits per heavy atom. The molecule has 0 aliphatic rings. The summed E-state index contributed by atoms with van der Waals surface area (Å²) in [5.74, 6) is 0.961. The van der Waals surface area contributed by atoms with E-state index in [1.807, 2.05) is 18.2 Å². The molecule has 0 aliphatic heterocycles. The summed E-state index contributed by atoms with van der Waals surface area (Å²) in [6.45, 7) is 6.97. The van der Waals surface area contributed by atoms with Crippen molar-refractivity contribution in [3.63, 3.8) is 0 Å². The first-order chi connectivity index (χ1) is 9.10. The molecule has 104 valence electrons. The van der Waals surface area contributed by atoms with Crippen molar-refractivity contribution >= 4 is 17.4 Å². The summed E-state index contributed by atoms with van der Waals surface area (Å²) in [5.41, 5.74) is 7.69. The summed E-state index contributed by atoms with van der Waals surface area (Å²) in [4.78, 5) is 1.03. The maximum absolute atomic E-state index is 9.34. The molecule has 0 fully saturated rings. The predicted octanol–water partition coefficient (Wildman–Crippen LogP) is 3.60. The molecule has 0 heterocycles. The lowest BCUT2D eigenvalue weighted by Crippen LogP contribution is -2.45. The number of benzene rings is 1. The Balaban J connectivity index is 2.90. The van der Waals surface area contributed by atoms with Gasteiger partial charge in [-0.25, -0.2) is 0 Å². The van der Waals surface area contributed by atoms with Crippen LogP contribution in [0.1, 0.15) is 39.2 Å². The summed E-state index contributed by atoms with van der Waals surface area (Å²) in [6.07, 6.45) is 1.84. The first-order valence-corrected chi connectivity index (χ1v) is 7.77. The first kappa shape index (κ1) is 15.9. The van der Waals surface area contributed by atoms with Crippen molar-refractivity contribution < 1.29 is 0 Å². The van der Waals surface area contributed by atoms with Gasteiger partial charge in [-0.2, -0.15) is 5.26 Å². The van der Waals surface area contributed by atoms with Crippen LogP contribution in [0.5, 0.6) is 0 Å². The Hall–Kier alpha value is -1.18. The van der Waals surface area contributed by atoms with E-state index in [1.165, 1.54) is 0 Å². The van der Waals surface area contributed by atoms with Crippen molar-refractivity contribution in [2.45, 2.75) is 44.0 Å². The van der Waals surface area contributed by atoms with E-state index in [0.29, 0.717) is 6.54 Å². The molecule has 19 heavy (non-hydrogen) atoms. The average Bonchev–Trinajstić information content (AvgIpc) is 2.45. The third-order valence-electron chi connectivity index (χ3n) is 3.48. The van der Waals surface area contributed by atoms with Gasteiger partial charge in [0.2, 0.25) is 0 Å². The zero-order valence-corrected chi connectivity index (χ0v) is 12.8. The van der Waals surface area contributed by atoms with Crippen LogP contribution in [0.2, 0.25) is 0 Å².